The average Bonchev–Trinajstić information content (AvgIpc) is 3.02. The van der Waals surface area contributed by atoms with Crippen LogP contribution in [0.25, 0.3) is 11.6 Å². The highest BCUT2D eigenvalue weighted by Crippen LogP contribution is 2.37. The standard InChI is InChI=1S/C22H14Br2N2O3/c23-17-9-12(10-18(24)21(17)27)8-16-15-11-14(6-7-19(15)25-22(16)28)20(26-29)13-4-2-1-3-5-13/h1-11,27,29H,(H,25,28). The lowest BCUT2D eigenvalue weighted by Gasteiger charge is -2.08. The molecule has 0 radical (unpaired) electrons. The predicted molar refractivity (Wildman–Crippen MR) is 120 cm³/mol. The van der Waals surface area contributed by atoms with Crippen molar-refractivity contribution >= 4 is 60.8 Å². The Kier molecular flexibility index (Phi) is 5.25. The maximum atomic E-state index is 12.6. The first kappa shape index (κ1) is 19.4. The number of rotatable bonds is 3. The largest absolute Gasteiger partial charge is 0.506 e. The fraction of sp³-hybridized carbons (Fsp3) is 0. The van der Waals surface area contributed by atoms with Crippen molar-refractivity contribution in [2.24, 2.45) is 5.16 Å². The molecule has 3 N–H and O–H groups in total. The van der Waals surface area contributed by atoms with Crippen molar-refractivity contribution in [1.82, 2.24) is 0 Å². The van der Waals surface area contributed by atoms with Gasteiger partial charge in [-0.25, -0.2) is 0 Å². The highest BCUT2D eigenvalue weighted by Gasteiger charge is 2.25. The molecule has 0 fully saturated rings. The Morgan fingerprint density at radius 2 is 1.66 bits per heavy atom. The summed E-state index contributed by atoms with van der Waals surface area (Å²) in [6.45, 7) is 0. The van der Waals surface area contributed by atoms with E-state index in [2.05, 4.69) is 42.3 Å². The van der Waals surface area contributed by atoms with Crippen LogP contribution in [-0.4, -0.2) is 21.9 Å². The maximum absolute atomic E-state index is 12.6. The summed E-state index contributed by atoms with van der Waals surface area (Å²) in [5.74, 6) is -0.128. The zero-order valence-electron chi connectivity index (χ0n) is 14.9. The first-order valence-electron chi connectivity index (χ1n) is 8.61. The van der Waals surface area contributed by atoms with Crippen LogP contribution in [0.2, 0.25) is 0 Å². The SMILES string of the molecule is O=C1Nc2ccc(C(=NO)c3ccccc3)cc2C1=Cc1cc(Br)c(O)c(Br)c1. The number of carbonyl (C=O) groups is 1. The number of phenols is 1. The maximum Gasteiger partial charge on any atom is 0.256 e. The number of phenolic OH excluding ortho intramolecular Hbond substituents is 1. The smallest absolute Gasteiger partial charge is 0.256 e. The van der Waals surface area contributed by atoms with Crippen LogP contribution in [0, 0.1) is 0 Å². The number of benzene rings is 3. The van der Waals surface area contributed by atoms with Gasteiger partial charge in [-0.05, 0) is 67.8 Å². The molecular weight excluding hydrogens is 500 g/mol. The summed E-state index contributed by atoms with van der Waals surface area (Å²) in [6.07, 6.45) is 1.75. The molecule has 144 valence electrons. The summed E-state index contributed by atoms with van der Waals surface area (Å²) in [4.78, 5) is 12.6. The summed E-state index contributed by atoms with van der Waals surface area (Å²) < 4.78 is 1.04. The normalized spacial score (nSPS) is 14.8. The molecule has 3 aromatic carbocycles. The molecule has 0 spiro atoms. The zero-order chi connectivity index (χ0) is 20.5. The van der Waals surface area contributed by atoms with E-state index in [0.717, 1.165) is 11.1 Å². The molecule has 0 saturated carbocycles. The Morgan fingerprint density at radius 1 is 0.966 bits per heavy atom. The second-order valence-corrected chi connectivity index (χ2v) is 8.13. The van der Waals surface area contributed by atoms with Crippen molar-refractivity contribution in [3.05, 3.63) is 91.9 Å². The van der Waals surface area contributed by atoms with Crippen LogP contribution >= 0.6 is 31.9 Å². The van der Waals surface area contributed by atoms with Gasteiger partial charge in [-0.1, -0.05) is 41.6 Å². The van der Waals surface area contributed by atoms with Gasteiger partial charge < -0.3 is 15.6 Å². The fourth-order valence-corrected chi connectivity index (χ4v) is 4.41. The van der Waals surface area contributed by atoms with Gasteiger partial charge in [0.1, 0.15) is 11.5 Å². The van der Waals surface area contributed by atoms with Gasteiger partial charge in [0.2, 0.25) is 0 Å². The van der Waals surface area contributed by atoms with E-state index in [9.17, 15) is 15.1 Å². The molecule has 1 amide bonds. The molecule has 3 aromatic rings. The molecule has 0 aliphatic carbocycles. The molecular formula is C22H14Br2N2O3. The van der Waals surface area contributed by atoms with Crippen LogP contribution in [0.15, 0.2) is 74.8 Å². The van der Waals surface area contributed by atoms with Gasteiger partial charge in [0.15, 0.2) is 0 Å². The number of aromatic hydroxyl groups is 1. The van der Waals surface area contributed by atoms with E-state index < -0.39 is 0 Å². The molecule has 7 heteroatoms. The third-order valence-corrected chi connectivity index (χ3v) is 5.78. The number of nitrogens with zero attached hydrogens (tertiary/aromatic N) is 1. The highest BCUT2D eigenvalue weighted by atomic mass is 79.9. The van der Waals surface area contributed by atoms with Crippen molar-refractivity contribution in [2.45, 2.75) is 0 Å². The molecule has 29 heavy (non-hydrogen) atoms. The minimum atomic E-state index is -0.223. The monoisotopic (exact) mass is 512 g/mol. The van der Waals surface area contributed by atoms with Crippen molar-refractivity contribution in [2.75, 3.05) is 5.32 Å². The summed E-state index contributed by atoms with van der Waals surface area (Å²) in [5, 5.41) is 25.8. The van der Waals surface area contributed by atoms with Gasteiger partial charge in [0, 0.05) is 28.0 Å². The summed E-state index contributed by atoms with van der Waals surface area (Å²) in [6, 6.07) is 18.2. The number of nitrogens with one attached hydrogen (secondary N) is 1. The zero-order valence-corrected chi connectivity index (χ0v) is 18.0. The molecule has 1 aliphatic rings. The Labute approximate surface area is 183 Å². The van der Waals surface area contributed by atoms with Crippen LogP contribution < -0.4 is 5.32 Å². The van der Waals surface area contributed by atoms with Crippen molar-refractivity contribution in [3.63, 3.8) is 0 Å². The van der Waals surface area contributed by atoms with Crippen molar-refractivity contribution in [3.8, 4) is 5.75 Å². The summed E-state index contributed by atoms with van der Waals surface area (Å²) in [7, 11) is 0. The first-order chi connectivity index (χ1) is 14.0. The quantitative estimate of drug-likeness (QED) is 0.183. The van der Waals surface area contributed by atoms with Crippen LogP contribution in [-0.2, 0) is 4.79 Å². The average molecular weight is 514 g/mol. The summed E-state index contributed by atoms with van der Waals surface area (Å²) >= 11 is 6.61. The lowest BCUT2D eigenvalue weighted by molar-refractivity contribution is -0.110. The molecule has 0 aromatic heterocycles. The first-order valence-corrected chi connectivity index (χ1v) is 10.2. The fourth-order valence-electron chi connectivity index (χ4n) is 3.19. The molecule has 4 rings (SSSR count). The molecule has 0 saturated heterocycles. The Morgan fingerprint density at radius 3 is 2.31 bits per heavy atom. The number of oxime groups is 1. The van der Waals surface area contributed by atoms with E-state index in [1.54, 1.807) is 30.3 Å². The molecule has 0 unspecified atom stereocenters. The summed E-state index contributed by atoms with van der Waals surface area (Å²) in [5.41, 5.74) is 4.50. The van der Waals surface area contributed by atoms with Crippen LogP contribution in [0.3, 0.4) is 0 Å². The number of amides is 1. The van der Waals surface area contributed by atoms with Crippen LogP contribution in [0.1, 0.15) is 22.3 Å². The number of hydrogen-bond donors (Lipinski definition) is 3. The molecule has 5 nitrogen and oxygen atoms in total. The van der Waals surface area contributed by atoms with Gasteiger partial charge >= 0.3 is 0 Å². The third kappa shape index (κ3) is 3.71. The minimum absolute atomic E-state index is 0.0948. The van der Waals surface area contributed by atoms with Crippen LogP contribution in [0.5, 0.6) is 5.75 Å². The van der Waals surface area contributed by atoms with E-state index in [1.807, 2.05) is 36.4 Å². The van der Waals surface area contributed by atoms with Gasteiger partial charge in [0.05, 0.1) is 8.95 Å². The van der Waals surface area contributed by atoms with Gasteiger partial charge in [-0.15, -0.1) is 0 Å². The van der Waals surface area contributed by atoms with Gasteiger partial charge in [0.25, 0.3) is 5.91 Å². The van der Waals surface area contributed by atoms with E-state index in [-0.39, 0.29) is 11.7 Å². The molecule has 1 heterocycles. The second kappa shape index (κ2) is 7.85. The van der Waals surface area contributed by atoms with E-state index >= 15 is 0 Å². The third-order valence-electron chi connectivity index (χ3n) is 4.57. The van der Waals surface area contributed by atoms with Crippen molar-refractivity contribution < 1.29 is 15.1 Å². The molecule has 0 atom stereocenters. The van der Waals surface area contributed by atoms with Gasteiger partial charge in [-0.2, -0.15) is 0 Å². The van der Waals surface area contributed by atoms with E-state index in [4.69, 9.17) is 0 Å². The highest BCUT2D eigenvalue weighted by molar-refractivity contribution is 9.11. The Hall–Kier alpha value is -2.90. The number of carbonyl (C=O) groups excluding carboxylic acids is 1. The van der Waals surface area contributed by atoms with Crippen LogP contribution in [0.4, 0.5) is 5.69 Å². The number of fused-ring (bicyclic) bond motifs is 1. The van der Waals surface area contributed by atoms with Gasteiger partial charge in [-0.3, -0.25) is 4.79 Å². The minimum Gasteiger partial charge on any atom is -0.506 e. The van der Waals surface area contributed by atoms with E-state index in [1.165, 1.54) is 0 Å². The molecule has 1 aliphatic heterocycles. The topological polar surface area (TPSA) is 81.9 Å². The number of hydrogen-bond acceptors (Lipinski definition) is 4. The Balaban J connectivity index is 1.80. The predicted octanol–water partition coefficient (Wildman–Crippen LogP) is 5.64. The lowest BCUT2D eigenvalue weighted by Crippen LogP contribution is -2.03. The van der Waals surface area contributed by atoms with E-state index in [0.29, 0.717) is 37.0 Å². The second-order valence-electron chi connectivity index (χ2n) is 6.42. The Bertz CT molecular complexity index is 1160. The lowest BCUT2D eigenvalue weighted by atomic mass is 9.97. The molecule has 0 bridgehead atoms. The number of anilines is 1. The van der Waals surface area contributed by atoms with Crippen molar-refractivity contribution in [1.29, 1.82) is 0 Å². The number of halogens is 2.